The number of carbonyl (C=O) groups excluding carboxylic acids is 1. The maximum Gasteiger partial charge on any atom is 0.336 e. The van der Waals surface area contributed by atoms with Gasteiger partial charge in [-0.05, 0) is 42.5 Å². The number of rotatable bonds is 5. The number of aromatic carboxylic acids is 1. The van der Waals surface area contributed by atoms with Crippen molar-refractivity contribution in [2.45, 2.75) is 30.2 Å². The number of carboxylic acid groups (broad SMARTS) is 1. The summed E-state index contributed by atoms with van der Waals surface area (Å²) in [5.74, 6) is -0.829. The standard InChI is InChI=1S/C19H19NO3S/c21-18(12-24-17-11-4-3-9-15(17)19(22)23)20-16-10-5-7-13-6-1-2-8-14(13)16/h1-4,6,8-9,11,16H,5,7,10,12H2,(H,20,21)(H,22,23)/t16-/m1/s1. The number of aryl methyl sites for hydroxylation is 1. The minimum Gasteiger partial charge on any atom is -0.478 e. The first-order valence-corrected chi connectivity index (χ1v) is 8.96. The molecule has 0 aromatic heterocycles. The third-order valence-electron chi connectivity index (χ3n) is 4.18. The molecule has 0 saturated carbocycles. The van der Waals surface area contributed by atoms with Crippen molar-refractivity contribution in [2.24, 2.45) is 0 Å². The predicted molar refractivity (Wildman–Crippen MR) is 94.4 cm³/mol. The minimum absolute atomic E-state index is 0.0535. The quantitative estimate of drug-likeness (QED) is 0.814. The Balaban J connectivity index is 1.62. The fourth-order valence-electron chi connectivity index (χ4n) is 3.05. The largest absolute Gasteiger partial charge is 0.478 e. The van der Waals surface area contributed by atoms with Crippen LogP contribution in [0.15, 0.2) is 53.4 Å². The number of benzene rings is 2. The van der Waals surface area contributed by atoms with Crippen LogP contribution in [0.4, 0.5) is 0 Å². The van der Waals surface area contributed by atoms with E-state index in [2.05, 4.69) is 17.4 Å². The molecule has 1 aliphatic carbocycles. The van der Waals surface area contributed by atoms with Crippen LogP contribution in [-0.4, -0.2) is 22.7 Å². The minimum atomic E-state index is -0.972. The van der Waals surface area contributed by atoms with Gasteiger partial charge in [0, 0.05) is 4.90 Å². The Morgan fingerprint density at radius 3 is 2.71 bits per heavy atom. The summed E-state index contributed by atoms with van der Waals surface area (Å²) in [7, 11) is 0. The first-order chi connectivity index (χ1) is 11.6. The molecule has 0 saturated heterocycles. The van der Waals surface area contributed by atoms with E-state index in [1.165, 1.54) is 22.9 Å². The van der Waals surface area contributed by atoms with E-state index in [9.17, 15) is 14.7 Å². The molecule has 1 amide bonds. The molecule has 0 fully saturated rings. The fourth-order valence-corrected chi connectivity index (χ4v) is 3.91. The summed E-state index contributed by atoms with van der Waals surface area (Å²) in [5.41, 5.74) is 2.74. The molecule has 0 spiro atoms. The second-order valence-corrected chi connectivity index (χ2v) is 6.82. The monoisotopic (exact) mass is 341 g/mol. The van der Waals surface area contributed by atoms with Crippen LogP contribution in [0.25, 0.3) is 0 Å². The second kappa shape index (κ2) is 7.53. The molecular formula is C19H19NO3S. The zero-order valence-corrected chi connectivity index (χ0v) is 14.0. The van der Waals surface area contributed by atoms with Crippen LogP contribution in [-0.2, 0) is 11.2 Å². The Labute approximate surface area is 145 Å². The molecule has 3 rings (SSSR count). The van der Waals surface area contributed by atoms with Crippen molar-refractivity contribution >= 4 is 23.6 Å². The number of carboxylic acids is 1. The number of fused-ring (bicyclic) bond motifs is 1. The second-order valence-electron chi connectivity index (χ2n) is 5.80. The van der Waals surface area contributed by atoms with E-state index in [-0.39, 0.29) is 23.3 Å². The van der Waals surface area contributed by atoms with Crippen molar-refractivity contribution in [3.8, 4) is 0 Å². The topological polar surface area (TPSA) is 66.4 Å². The summed E-state index contributed by atoms with van der Waals surface area (Å²) in [6.45, 7) is 0. The molecule has 124 valence electrons. The highest BCUT2D eigenvalue weighted by molar-refractivity contribution is 8.00. The van der Waals surface area contributed by atoms with Crippen LogP contribution in [0.3, 0.4) is 0 Å². The average molecular weight is 341 g/mol. The molecule has 24 heavy (non-hydrogen) atoms. The van der Waals surface area contributed by atoms with Gasteiger partial charge in [0.15, 0.2) is 0 Å². The first kappa shape index (κ1) is 16.6. The van der Waals surface area contributed by atoms with Crippen LogP contribution >= 0.6 is 11.8 Å². The van der Waals surface area contributed by atoms with Crippen molar-refractivity contribution in [3.05, 3.63) is 65.2 Å². The van der Waals surface area contributed by atoms with E-state index >= 15 is 0 Å². The van der Waals surface area contributed by atoms with E-state index in [0.29, 0.717) is 4.90 Å². The van der Waals surface area contributed by atoms with E-state index in [0.717, 1.165) is 19.3 Å². The maximum absolute atomic E-state index is 12.3. The van der Waals surface area contributed by atoms with Crippen molar-refractivity contribution < 1.29 is 14.7 Å². The number of hydrogen-bond donors (Lipinski definition) is 2. The Morgan fingerprint density at radius 1 is 1.12 bits per heavy atom. The Morgan fingerprint density at radius 2 is 1.88 bits per heavy atom. The molecule has 4 nitrogen and oxygen atoms in total. The van der Waals surface area contributed by atoms with Crippen LogP contribution in [0.1, 0.15) is 40.4 Å². The van der Waals surface area contributed by atoms with Gasteiger partial charge in [-0.25, -0.2) is 4.79 Å². The average Bonchev–Trinajstić information content (AvgIpc) is 2.60. The number of thioether (sulfide) groups is 1. The van der Waals surface area contributed by atoms with Gasteiger partial charge in [-0.1, -0.05) is 36.4 Å². The van der Waals surface area contributed by atoms with Gasteiger partial charge in [0.05, 0.1) is 17.4 Å². The third kappa shape index (κ3) is 3.79. The predicted octanol–water partition coefficient (Wildman–Crippen LogP) is 3.67. The Kier molecular flexibility index (Phi) is 5.20. The maximum atomic E-state index is 12.3. The molecule has 0 radical (unpaired) electrons. The lowest BCUT2D eigenvalue weighted by molar-refractivity contribution is -0.119. The van der Waals surface area contributed by atoms with Gasteiger partial charge in [0.1, 0.15) is 0 Å². The summed E-state index contributed by atoms with van der Waals surface area (Å²) in [6, 6.07) is 15.0. The Hall–Kier alpha value is -2.27. The molecule has 1 atom stereocenters. The third-order valence-corrected chi connectivity index (χ3v) is 5.25. The highest BCUT2D eigenvalue weighted by Crippen LogP contribution is 2.30. The van der Waals surface area contributed by atoms with Crippen LogP contribution < -0.4 is 5.32 Å². The van der Waals surface area contributed by atoms with Crippen molar-refractivity contribution in [2.75, 3.05) is 5.75 Å². The molecule has 0 aliphatic heterocycles. The highest BCUT2D eigenvalue weighted by atomic mass is 32.2. The molecular weight excluding hydrogens is 322 g/mol. The summed E-state index contributed by atoms with van der Waals surface area (Å²) in [6.07, 6.45) is 3.07. The van der Waals surface area contributed by atoms with Crippen LogP contribution in [0, 0.1) is 0 Å². The molecule has 0 unspecified atom stereocenters. The van der Waals surface area contributed by atoms with Gasteiger partial charge >= 0.3 is 5.97 Å². The molecule has 2 aromatic rings. The van der Waals surface area contributed by atoms with Crippen molar-refractivity contribution in [3.63, 3.8) is 0 Å². The van der Waals surface area contributed by atoms with Crippen LogP contribution in [0.5, 0.6) is 0 Å². The first-order valence-electron chi connectivity index (χ1n) is 7.97. The Bertz CT molecular complexity index is 760. The number of carbonyl (C=O) groups is 2. The summed E-state index contributed by atoms with van der Waals surface area (Å²) in [4.78, 5) is 24.1. The number of nitrogens with one attached hydrogen (secondary N) is 1. The fraction of sp³-hybridized carbons (Fsp3) is 0.263. The van der Waals surface area contributed by atoms with E-state index in [1.807, 2.05) is 12.1 Å². The molecule has 1 aliphatic rings. The highest BCUT2D eigenvalue weighted by Gasteiger charge is 2.21. The SMILES string of the molecule is O=C(CSc1ccccc1C(=O)O)N[C@@H]1CCCc2ccccc21. The lowest BCUT2D eigenvalue weighted by atomic mass is 9.88. The molecule has 0 bridgehead atoms. The smallest absolute Gasteiger partial charge is 0.336 e. The lowest BCUT2D eigenvalue weighted by Gasteiger charge is -2.26. The summed E-state index contributed by atoms with van der Waals surface area (Å²) < 4.78 is 0. The number of amides is 1. The number of hydrogen-bond acceptors (Lipinski definition) is 3. The molecule has 5 heteroatoms. The van der Waals surface area contributed by atoms with Gasteiger partial charge in [0.2, 0.25) is 5.91 Å². The van der Waals surface area contributed by atoms with Crippen molar-refractivity contribution in [1.82, 2.24) is 5.32 Å². The normalized spacial score (nSPS) is 16.2. The molecule has 0 heterocycles. The van der Waals surface area contributed by atoms with E-state index in [1.54, 1.807) is 24.3 Å². The molecule has 2 aromatic carbocycles. The van der Waals surface area contributed by atoms with Gasteiger partial charge in [-0.2, -0.15) is 0 Å². The summed E-state index contributed by atoms with van der Waals surface area (Å²) in [5, 5.41) is 12.3. The summed E-state index contributed by atoms with van der Waals surface area (Å²) >= 11 is 1.26. The zero-order valence-electron chi connectivity index (χ0n) is 13.2. The molecule has 2 N–H and O–H groups in total. The van der Waals surface area contributed by atoms with Gasteiger partial charge in [0.25, 0.3) is 0 Å². The van der Waals surface area contributed by atoms with Crippen LogP contribution in [0.2, 0.25) is 0 Å². The van der Waals surface area contributed by atoms with Crippen molar-refractivity contribution in [1.29, 1.82) is 0 Å². The van der Waals surface area contributed by atoms with E-state index < -0.39 is 5.97 Å². The van der Waals surface area contributed by atoms with Gasteiger partial charge in [-0.15, -0.1) is 11.8 Å². The lowest BCUT2D eigenvalue weighted by Crippen LogP contribution is -2.32. The van der Waals surface area contributed by atoms with E-state index in [4.69, 9.17) is 0 Å². The van der Waals surface area contributed by atoms with Gasteiger partial charge < -0.3 is 10.4 Å². The van der Waals surface area contributed by atoms with Gasteiger partial charge in [-0.3, -0.25) is 4.79 Å². The zero-order chi connectivity index (χ0) is 16.9.